The number of aromatic nitrogens is 2. The molecule has 0 radical (unpaired) electrons. The molecule has 1 saturated heterocycles. The first-order valence-electron chi connectivity index (χ1n) is 8.94. The molecular formula is C18H22F3N5O2. The van der Waals surface area contributed by atoms with Gasteiger partial charge in [0.15, 0.2) is 0 Å². The van der Waals surface area contributed by atoms with Crippen molar-refractivity contribution in [1.29, 1.82) is 0 Å². The van der Waals surface area contributed by atoms with E-state index in [0.717, 1.165) is 6.07 Å². The molecule has 0 saturated carbocycles. The van der Waals surface area contributed by atoms with Crippen LogP contribution in [-0.2, 0) is 19.4 Å². The van der Waals surface area contributed by atoms with Gasteiger partial charge in [-0.05, 0) is 25.5 Å². The minimum absolute atomic E-state index is 0.0446. The average Bonchev–Trinajstić information content (AvgIpc) is 2.90. The lowest BCUT2D eigenvalue weighted by Crippen LogP contribution is -2.46. The molecule has 152 valence electrons. The highest BCUT2D eigenvalue weighted by Crippen LogP contribution is 2.30. The van der Waals surface area contributed by atoms with Crippen LogP contribution in [0.5, 0.6) is 0 Å². The smallest absolute Gasteiger partial charge is 0.297 e. The number of benzene rings is 1. The van der Waals surface area contributed by atoms with Crippen LogP contribution in [-0.4, -0.2) is 50.7 Å². The van der Waals surface area contributed by atoms with Gasteiger partial charge in [0.05, 0.1) is 17.2 Å². The molecule has 2 heterocycles. The minimum atomic E-state index is -4.34. The highest BCUT2D eigenvalue weighted by atomic mass is 19.4. The maximum atomic E-state index is 12.8. The molecule has 28 heavy (non-hydrogen) atoms. The number of nitrogens with zero attached hydrogens (tertiary/aromatic N) is 5. The molecule has 0 N–H and O–H groups in total. The standard InChI is InChI=1S/C18H22F3N5O2/c1-13-17(26(27)28)14(2)25(22-13)12-24-8-6-23(7-9-24)11-15-4-3-5-16(10-15)18(19,20)21/h3-5,10H,6-9,11-12H2,1-2H3. The van der Waals surface area contributed by atoms with Crippen molar-refractivity contribution in [2.24, 2.45) is 0 Å². The SMILES string of the molecule is Cc1nn(CN2CCN(Cc3cccc(C(F)(F)F)c3)CC2)c(C)c1[N+](=O)[O-]. The number of aryl methyl sites for hydroxylation is 1. The Kier molecular flexibility index (Phi) is 5.71. The summed E-state index contributed by atoms with van der Waals surface area (Å²) in [5, 5.41) is 15.4. The maximum Gasteiger partial charge on any atom is 0.416 e. The molecule has 0 spiro atoms. The van der Waals surface area contributed by atoms with E-state index in [4.69, 9.17) is 0 Å². The Bertz CT molecular complexity index is 857. The van der Waals surface area contributed by atoms with Crippen LogP contribution in [0.1, 0.15) is 22.5 Å². The number of piperazine rings is 1. The van der Waals surface area contributed by atoms with E-state index >= 15 is 0 Å². The molecular weight excluding hydrogens is 375 g/mol. The first kappa shape index (κ1) is 20.3. The Labute approximate surface area is 160 Å². The van der Waals surface area contributed by atoms with Gasteiger partial charge in [-0.25, -0.2) is 4.68 Å². The summed E-state index contributed by atoms with van der Waals surface area (Å²) in [4.78, 5) is 14.9. The molecule has 7 nitrogen and oxygen atoms in total. The van der Waals surface area contributed by atoms with Gasteiger partial charge in [0.1, 0.15) is 11.4 Å². The molecule has 1 fully saturated rings. The zero-order chi connectivity index (χ0) is 20.5. The van der Waals surface area contributed by atoms with E-state index in [2.05, 4.69) is 14.9 Å². The summed E-state index contributed by atoms with van der Waals surface area (Å²) >= 11 is 0. The van der Waals surface area contributed by atoms with Crippen molar-refractivity contribution in [2.45, 2.75) is 33.2 Å². The van der Waals surface area contributed by atoms with E-state index in [0.29, 0.717) is 56.3 Å². The fraction of sp³-hybridized carbons (Fsp3) is 0.500. The molecule has 10 heteroatoms. The summed E-state index contributed by atoms with van der Waals surface area (Å²) in [5.74, 6) is 0. The van der Waals surface area contributed by atoms with E-state index in [-0.39, 0.29) is 5.69 Å². The van der Waals surface area contributed by atoms with Gasteiger partial charge in [0, 0.05) is 32.7 Å². The third-order valence-electron chi connectivity index (χ3n) is 4.99. The first-order chi connectivity index (χ1) is 13.1. The quantitative estimate of drug-likeness (QED) is 0.573. The number of halogens is 3. The summed E-state index contributed by atoms with van der Waals surface area (Å²) in [5.41, 5.74) is 0.968. The van der Waals surface area contributed by atoms with Crippen molar-refractivity contribution >= 4 is 5.69 Å². The third kappa shape index (κ3) is 4.50. The molecule has 0 aliphatic carbocycles. The van der Waals surface area contributed by atoms with E-state index in [1.165, 1.54) is 12.1 Å². The Hall–Kier alpha value is -2.46. The van der Waals surface area contributed by atoms with Crippen LogP contribution in [0.15, 0.2) is 24.3 Å². The van der Waals surface area contributed by atoms with Gasteiger partial charge in [-0.2, -0.15) is 18.3 Å². The average molecular weight is 397 g/mol. The zero-order valence-electron chi connectivity index (χ0n) is 15.7. The van der Waals surface area contributed by atoms with Gasteiger partial charge >= 0.3 is 11.9 Å². The molecule has 1 aromatic heterocycles. The second kappa shape index (κ2) is 7.88. The van der Waals surface area contributed by atoms with Gasteiger partial charge in [-0.1, -0.05) is 18.2 Å². The van der Waals surface area contributed by atoms with Crippen molar-refractivity contribution < 1.29 is 18.1 Å². The monoisotopic (exact) mass is 397 g/mol. The summed E-state index contributed by atoms with van der Waals surface area (Å²) in [7, 11) is 0. The lowest BCUT2D eigenvalue weighted by molar-refractivity contribution is -0.386. The molecule has 1 aromatic carbocycles. The van der Waals surface area contributed by atoms with Crippen molar-refractivity contribution in [3.05, 3.63) is 56.9 Å². The largest absolute Gasteiger partial charge is 0.416 e. The van der Waals surface area contributed by atoms with Gasteiger partial charge in [0.2, 0.25) is 0 Å². The molecule has 1 aliphatic rings. The number of hydrogen-bond donors (Lipinski definition) is 0. The molecule has 0 atom stereocenters. The second-order valence-electron chi connectivity index (χ2n) is 7.01. The predicted octanol–water partition coefficient (Wildman–Crippen LogP) is 3.20. The highest BCUT2D eigenvalue weighted by molar-refractivity contribution is 5.39. The third-order valence-corrected chi connectivity index (χ3v) is 4.99. The van der Waals surface area contributed by atoms with Crippen molar-refractivity contribution in [3.63, 3.8) is 0 Å². The van der Waals surface area contributed by atoms with Crippen molar-refractivity contribution in [3.8, 4) is 0 Å². The normalized spacial score (nSPS) is 16.5. The molecule has 0 bridgehead atoms. The summed E-state index contributed by atoms with van der Waals surface area (Å²) in [6, 6.07) is 5.41. The second-order valence-corrected chi connectivity index (χ2v) is 7.01. The van der Waals surface area contributed by atoms with Gasteiger partial charge < -0.3 is 0 Å². The number of alkyl halides is 3. The topological polar surface area (TPSA) is 67.4 Å². The van der Waals surface area contributed by atoms with Crippen LogP contribution in [0.4, 0.5) is 18.9 Å². The maximum absolute atomic E-state index is 12.8. The molecule has 3 rings (SSSR count). The fourth-order valence-corrected chi connectivity index (χ4v) is 3.47. The molecule has 0 amide bonds. The van der Waals surface area contributed by atoms with Crippen LogP contribution in [0.25, 0.3) is 0 Å². The minimum Gasteiger partial charge on any atom is -0.297 e. The van der Waals surface area contributed by atoms with Crippen LogP contribution in [0, 0.1) is 24.0 Å². The Morgan fingerprint density at radius 2 is 1.79 bits per heavy atom. The fourth-order valence-electron chi connectivity index (χ4n) is 3.47. The molecule has 0 unspecified atom stereocenters. The van der Waals surface area contributed by atoms with Crippen LogP contribution >= 0.6 is 0 Å². The summed E-state index contributed by atoms with van der Waals surface area (Å²) < 4.78 is 40.2. The lowest BCUT2D eigenvalue weighted by atomic mass is 10.1. The predicted molar refractivity (Wildman–Crippen MR) is 96.6 cm³/mol. The van der Waals surface area contributed by atoms with Crippen LogP contribution in [0.3, 0.4) is 0 Å². The van der Waals surface area contributed by atoms with Gasteiger partial charge in [-0.3, -0.25) is 19.9 Å². The van der Waals surface area contributed by atoms with Crippen molar-refractivity contribution in [2.75, 3.05) is 26.2 Å². The highest BCUT2D eigenvalue weighted by Gasteiger charge is 2.30. The van der Waals surface area contributed by atoms with Crippen LogP contribution < -0.4 is 0 Å². The molecule has 2 aromatic rings. The van der Waals surface area contributed by atoms with Crippen LogP contribution in [0.2, 0.25) is 0 Å². The van der Waals surface area contributed by atoms with E-state index in [9.17, 15) is 23.3 Å². The lowest BCUT2D eigenvalue weighted by Gasteiger charge is -2.34. The summed E-state index contributed by atoms with van der Waals surface area (Å²) in [6.07, 6.45) is -4.34. The van der Waals surface area contributed by atoms with Crippen molar-refractivity contribution in [1.82, 2.24) is 19.6 Å². The Morgan fingerprint density at radius 1 is 1.14 bits per heavy atom. The number of nitro groups is 1. The zero-order valence-corrected chi connectivity index (χ0v) is 15.7. The molecule has 1 aliphatic heterocycles. The summed E-state index contributed by atoms with van der Waals surface area (Å²) in [6.45, 7) is 7.06. The Balaban J connectivity index is 1.57. The number of hydrogen-bond acceptors (Lipinski definition) is 5. The number of rotatable bonds is 5. The first-order valence-corrected chi connectivity index (χ1v) is 8.94. The van der Waals surface area contributed by atoms with E-state index in [1.54, 1.807) is 24.6 Å². The van der Waals surface area contributed by atoms with Gasteiger partial charge in [-0.15, -0.1) is 0 Å². The van der Waals surface area contributed by atoms with Gasteiger partial charge in [0.25, 0.3) is 0 Å². The van der Waals surface area contributed by atoms with E-state index in [1.807, 2.05) is 0 Å². The Morgan fingerprint density at radius 3 is 2.36 bits per heavy atom. The van der Waals surface area contributed by atoms with E-state index < -0.39 is 16.7 Å².